The van der Waals surface area contributed by atoms with Gasteiger partial charge in [-0.3, -0.25) is 14.5 Å². The van der Waals surface area contributed by atoms with Gasteiger partial charge in [-0.15, -0.1) is 0 Å². The Morgan fingerprint density at radius 3 is 2.72 bits per heavy atom. The molecule has 2 aromatic rings. The molecule has 0 bridgehead atoms. The Bertz CT molecular complexity index is 975. The van der Waals surface area contributed by atoms with Gasteiger partial charge in [-0.2, -0.15) is 0 Å². The third kappa shape index (κ3) is 4.10. The minimum Gasteiger partial charge on any atom is -0.492 e. The molecule has 29 heavy (non-hydrogen) atoms. The second-order valence-corrected chi connectivity index (χ2v) is 6.73. The van der Waals surface area contributed by atoms with Crippen LogP contribution in [0.25, 0.3) is 0 Å². The van der Waals surface area contributed by atoms with E-state index < -0.39 is 34.7 Å². The predicted octanol–water partition coefficient (Wildman–Crippen LogP) is 2.53. The van der Waals surface area contributed by atoms with Gasteiger partial charge >= 0.3 is 5.82 Å². The molecule has 0 fully saturated rings. The largest absolute Gasteiger partial charge is 0.492 e. The number of nitrogens with zero attached hydrogens (tertiary/aromatic N) is 3. The van der Waals surface area contributed by atoms with Crippen LogP contribution in [0.4, 0.5) is 17.3 Å². The average molecular weight is 400 g/mol. The zero-order chi connectivity index (χ0) is 21.2. The minimum absolute atomic E-state index is 0.0724. The molecule has 0 aliphatic carbocycles. The molecule has 3 rings (SSSR count). The van der Waals surface area contributed by atoms with Gasteiger partial charge in [-0.05, 0) is 48.9 Å². The van der Waals surface area contributed by atoms with Gasteiger partial charge in [0.05, 0.1) is 12.3 Å². The topological polar surface area (TPSA) is 124 Å². The van der Waals surface area contributed by atoms with E-state index in [1.165, 1.54) is 12.1 Å². The Morgan fingerprint density at radius 2 is 2.03 bits per heavy atom. The van der Waals surface area contributed by atoms with Crippen LogP contribution in [0.1, 0.15) is 20.8 Å². The SMILES string of the molecule is CCOc1ccccc1NC(=O)CN1C(=O)C(C)(C)Oc2ccc([N+](=O)[O-])nc21. The number of benzene rings is 1. The van der Waals surface area contributed by atoms with Crippen LogP contribution < -0.4 is 19.7 Å². The fraction of sp³-hybridized carbons (Fsp3) is 0.316. The van der Waals surface area contributed by atoms with Crippen molar-refractivity contribution in [1.82, 2.24) is 4.98 Å². The fourth-order valence-corrected chi connectivity index (χ4v) is 2.87. The van der Waals surface area contributed by atoms with Crippen LogP contribution in [0, 0.1) is 10.1 Å². The quantitative estimate of drug-likeness (QED) is 0.583. The number of amides is 2. The standard InChI is InChI=1S/C19H20N4O6/c1-4-28-13-8-6-5-7-12(13)20-16(24)11-22-17-14(29-19(2,3)18(22)25)9-10-15(21-17)23(26)27/h5-10H,4,11H2,1-3H3,(H,20,24). The van der Waals surface area contributed by atoms with Crippen molar-refractivity contribution in [1.29, 1.82) is 0 Å². The van der Waals surface area contributed by atoms with Crippen molar-refractivity contribution < 1.29 is 24.0 Å². The second kappa shape index (κ2) is 7.74. The molecule has 1 aliphatic heterocycles. The first kappa shape index (κ1) is 20.1. The van der Waals surface area contributed by atoms with Gasteiger partial charge in [0, 0.05) is 6.07 Å². The van der Waals surface area contributed by atoms with Crippen LogP contribution in [-0.2, 0) is 9.59 Å². The van der Waals surface area contributed by atoms with E-state index >= 15 is 0 Å². The van der Waals surface area contributed by atoms with E-state index in [2.05, 4.69) is 10.3 Å². The van der Waals surface area contributed by atoms with Gasteiger partial charge in [-0.1, -0.05) is 12.1 Å². The molecule has 2 amide bonds. The van der Waals surface area contributed by atoms with E-state index in [4.69, 9.17) is 9.47 Å². The lowest BCUT2D eigenvalue weighted by atomic mass is 10.1. The van der Waals surface area contributed by atoms with E-state index in [0.29, 0.717) is 18.0 Å². The summed E-state index contributed by atoms with van der Waals surface area (Å²) in [4.78, 5) is 40.9. The average Bonchev–Trinajstić information content (AvgIpc) is 2.66. The molecular weight excluding hydrogens is 380 g/mol. The summed E-state index contributed by atoms with van der Waals surface area (Å²) in [5, 5.41) is 13.8. The smallest absolute Gasteiger partial charge is 0.366 e. The van der Waals surface area contributed by atoms with Gasteiger partial charge < -0.3 is 24.9 Å². The first-order valence-electron chi connectivity index (χ1n) is 8.91. The maximum Gasteiger partial charge on any atom is 0.366 e. The van der Waals surface area contributed by atoms with Gasteiger partial charge in [0.1, 0.15) is 12.3 Å². The van der Waals surface area contributed by atoms with E-state index in [1.807, 2.05) is 6.92 Å². The summed E-state index contributed by atoms with van der Waals surface area (Å²) < 4.78 is 11.1. The molecule has 0 saturated carbocycles. The summed E-state index contributed by atoms with van der Waals surface area (Å²) in [5.74, 6) is -0.897. The third-order valence-electron chi connectivity index (χ3n) is 4.16. The summed E-state index contributed by atoms with van der Waals surface area (Å²) in [7, 11) is 0. The van der Waals surface area contributed by atoms with Gasteiger partial charge in [-0.25, -0.2) is 0 Å². The molecule has 0 unspecified atom stereocenters. The molecule has 0 atom stereocenters. The number of nitrogens with one attached hydrogen (secondary N) is 1. The van der Waals surface area contributed by atoms with Crippen LogP contribution in [0.2, 0.25) is 0 Å². The number of carbonyl (C=O) groups is 2. The number of hydrogen-bond donors (Lipinski definition) is 1. The minimum atomic E-state index is -1.26. The number of ether oxygens (including phenoxy) is 2. The Morgan fingerprint density at radius 1 is 1.31 bits per heavy atom. The Kier molecular flexibility index (Phi) is 5.35. The predicted molar refractivity (Wildman–Crippen MR) is 104 cm³/mol. The summed E-state index contributed by atoms with van der Waals surface area (Å²) >= 11 is 0. The summed E-state index contributed by atoms with van der Waals surface area (Å²) in [6, 6.07) is 9.44. The molecule has 1 aromatic carbocycles. The summed E-state index contributed by atoms with van der Waals surface area (Å²) in [5.41, 5.74) is -0.805. The van der Waals surface area contributed by atoms with Crippen LogP contribution in [0.3, 0.4) is 0 Å². The monoisotopic (exact) mass is 400 g/mol. The number of pyridine rings is 1. The highest BCUT2D eigenvalue weighted by atomic mass is 16.6. The number of para-hydroxylation sites is 2. The number of aromatic nitrogens is 1. The molecule has 1 aromatic heterocycles. The van der Waals surface area contributed by atoms with Crippen molar-refractivity contribution in [2.75, 3.05) is 23.4 Å². The van der Waals surface area contributed by atoms with Crippen molar-refractivity contribution in [3.63, 3.8) is 0 Å². The number of hydrogen-bond acceptors (Lipinski definition) is 7. The number of nitro groups is 1. The van der Waals surface area contributed by atoms with Crippen molar-refractivity contribution in [3.8, 4) is 11.5 Å². The van der Waals surface area contributed by atoms with E-state index in [9.17, 15) is 19.7 Å². The number of carbonyl (C=O) groups excluding carboxylic acids is 2. The maximum absolute atomic E-state index is 12.8. The molecule has 1 N–H and O–H groups in total. The van der Waals surface area contributed by atoms with E-state index in [-0.39, 0.29) is 11.6 Å². The normalized spacial score (nSPS) is 14.6. The molecule has 0 spiro atoms. The molecule has 0 saturated heterocycles. The number of fused-ring (bicyclic) bond motifs is 1. The lowest BCUT2D eigenvalue weighted by Crippen LogP contribution is -2.54. The van der Waals surface area contributed by atoms with Crippen LogP contribution in [-0.4, -0.2) is 40.5 Å². The highest BCUT2D eigenvalue weighted by Crippen LogP contribution is 2.37. The first-order valence-corrected chi connectivity index (χ1v) is 8.91. The van der Waals surface area contributed by atoms with Crippen LogP contribution >= 0.6 is 0 Å². The zero-order valence-corrected chi connectivity index (χ0v) is 16.2. The molecule has 10 nitrogen and oxygen atoms in total. The molecular formula is C19H20N4O6. The first-order chi connectivity index (χ1) is 13.7. The lowest BCUT2D eigenvalue weighted by Gasteiger charge is -2.35. The van der Waals surface area contributed by atoms with Crippen molar-refractivity contribution >= 4 is 29.1 Å². The highest BCUT2D eigenvalue weighted by molar-refractivity contribution is 6.07. The zero-order valence-electron chi connectivity index (χ0n) is 16.2. The summed E-state index contributed by atoms with van der Waals surface area (Å²) in [6.07, 6.45) is 0. The third-order valence-corrected chi connectivity index (χ3v) is 4.16. The molecule has 2 heterocycles. The summed E-state index contributed by atoms with van der Waals surface area (Å²) in [6.45, 7) is 4.95. The van der Waals surface area contributed by atoms with Gasteiger partial charge in [0.25, 0.3) is 11.7 Å². The van der Waals surface area contributed by atoms with E-state index in [0.717, 1.165) is 4.90 Å². The van der Waals surface area contributed by atoms with E-state index in [1.54, 1.807) is 38.1 Å². The molecule has 10 heteroatoms. The van der Waals surface area contributed by atoms with Crippen molar-refractivity contribution in [3.05, 3.63) is 46.5 Å². The van der Waals surface area contributed by atoms with Crippen LogP contribution in [0.15, 0.2) is 36.4 Å². The Hall–Kier alpha value is -3.69. The fourth-order valence-electron chi connectivity index (χ4n) is 2.87. The van der Waals surface area contributed by atoms with Crippen molar-refractivity contribution in [2.24, 2.45) is 0 Å². The highest BCUT2D eigenvalue weighted by Gasteiger charge is 2.45. The maximum atomic E-state index is 12.8. The van der Waals surface area contributed by atoms with Crippen LogP contribution in [0.5, 0.6) is 11.5 Å². The number of rotatable bonds is 6. The Balaban J connectivity index is 1.89. The molecule has 0 radical (unpaired) electrons. The molecule has 152 valence electrons. The number of anilines is 2. The second-order valence-electron chi connectivity index (χ2n) is 6.73. The molecule has 1 aliphatic rings. The Labute approximate surface area is 166 Å². The van der Waals surface area contributed by atoms with Gasteiger partial charge in [0.2, 0.25) is 5.91 Å². The lowest BCUT2D eigenvalue weighted by molar-refractivity contribution is -0.389. The van der Waals surface area contributed by atoms with Crippen molar-refractivity contribution in [2.45, 2.75) is 26.4 Å². The van der Waals surface area contributed by atoms with Gasteiger partial charge in [0.15, 0.2) is 11.4 Å².